The standard InChI is InChI=1S/C2H2Cl2N2O2.2C2H3ClO2/c3-2(1-5-7)6-8-4;2*3-1-2(4)5/h1,7H;2*1H2,(H,4,5). The number of hydrogen-bond donors (Lipinski definition) is 3. The van der Waals surface area contributed by atoms with E-state index in [2.05, 4.69) is 26.6 Å². The van der Waals surface area contributed by atoms with Gasteiger partial charge in [-0.2, -0.15) is 0 Å². The molecule has 3 N–H and O–H groups in total. The molecule has 0 atom stereocenters. The van der Waals surface area contributed by atoms with Crippen LogP contribution in [0.25, 0.3) is 0 Å². The first-order valence-corrected chi connectivity index (χ1v) is 5.35. The Morgan fingerprint density at radius 3 is 1.67 bits per heavy atom. The number of nitrogens with zero attached hydrogens (tertiary/aromatic N) is 2. The summed E-state index contributed by atoms with van der Waals surface area (Å²) >= 11 is 19.2. The SMILES string of the molecule is O=C(O)CCl.O=C(O)CCl.ON=CC(Cl)=NOCl. The number of carboxylic acids is 2. The summed E-state index contributed by atoms with van der Waals surface area (Å²) in [6.07, 6.45) is 0.865. The molecule has 0 saturated carbocycles. The van der Waals surface area contributed by atoms with E-state index >= 15 is 0 Å². The Hall–Kier alpha value is -0.960. The molecule has 0 heterocycles. The fourth-order valence-corrected chi connectivity index (χ4v) is 0.292. The van der Waals surface area contributed by atoms with Gasteiger partial charge >= 0.3 is 11.9 Å². The lowest BCUT2D eigenvalue weighted by Crippen LogP contribution is -1.92. The zero-order valence-corrected chi connectivity index (χ0v) is 11.5. The van der Waals surface area contributed by atoms with Crippen molar-refractivity contribution in [3.8, 4) is 0 Å². The summed E-state index contributed by atoms with van der Waals surface area (Å²) in [5, 5.41) is 28.3. The third-order valence-corrected chi connectivity index (χ3v) is 1.21. The molecule has 0 aromatic heterocycles. The minimum atomic E-state index is -0.980. The van der Waals surface area contributed by atoms with Gasteiger partial charge in [-0.25, -0.2) is 0 Å². The Balaban J connectivity index is -0.000000197. The van der Waals surface area contributed by atoms with Crippen LogP contribution in [0.1, 0.15) is 0 Å². The lowest BCUT2D eigenvalue weighted by atomic mass is 10.8. The third-order valence-electron chi connectivity index (χ3n) is 0.515. The molecule has 0 unspecified atom stereocenters. The summed E-state index contributed by atoms with van der Waals surface area (Å²) < 4.78 is 3.68. The van der Waals surface area contributed by atoms with Gasteiger partial charge in [-0.3, -0.25) is 14.0 Å². The lowest BCUT2D eigenvalue weighted by molar-refractivity contribution is -0.135. The van der Waals surface area contributed by atoms with Crippen LogP contribution in [-0.2, 0) is 14.0 Å². The van der Waals surface area contributed by atoms with Gasteiger partial charge in [0, 0.05) is 0 Å². The van der Waals surface area contributed by atoms with Crippen molar-refractivity contribution in [2.45, 2.75) is 0 Å². The minimum Gasteiger partial charge on any atom is -0.480 e. The lowest BCUT2D eigenvalue weighted by Gasteiger charge is -1.79. The van der Waals surface area contributed by atoms with E-state index in [4.69, 9.17) is 50.2 Å². The number of hydrogen-bond acceptors (Lipinski definition) is 6. The molecule has 0 fully saturated rings. The number of halogens is 4. The maximum absolute atomic E-state index is 9.24. The highest BCUT2D eigenvalue weighted by Gasteiger charge is 1.85. The highest BCUT2D eigenvalue weighted by atomic mass is 35.5. The molecule has 0 aliphatic heterocycles. The predicted octanol–water partition coefficient (Wildman–Crippen LogP) is 1.79. The fourth-order valence-electron chi connectivity index (χ4n) is 0.104. The maximum Gasteiger partial charge on any atom is 0.318 e. The number of rotatable bonds is 4. The Labute approximate surface area is 121 Å². The van der Waals surface area contributed by atoms with Crippen LogP contribution in [0.3, 0.4) is 0 Å². The van der Waals surface area contributed by atoms with Crippen molar-refractivity contribution in [1.29, 1.82) is 0 Å². The molecule has 0 radical (unpaired) electrons. The summed E-state index contributed by atoms with van der Waals surface area (Å²) in [6, 6.07) is 0. The van der Waals surface area contributed by atoms with Gasteiger partial charge in [0.2, 0.25) is 0 Å². The van der Waals surface area contributed by atoms with Crippen molar-refractivity contribution >= 4 is 70.0 Å². The first-order chi connectivity index (χ1) is 8.35. The molecule has 0 aromatic carbocycles. The smallest absolute Gasteiger partial charge is 0.318 e. The van der Waals surface area contributed by atoms with Crippen molar-refractivity contribution in [2.24, 2.45) is 10.3 Å². The van der Waals surface area contributed by atoms with Gasteiger partial charge in [0.25, 0.3) is 0 Å². The number of carbonyl (C=O) groups is 2. The normalized spacial score (nSPS) is 9.67. The van der Waals surface area contributed by atoms with Gasteiger partial charge in [0.1, 0.15) is 18.0 Å². The Morgan fingerprint density at radius 1 is 1.17 bits per heavy atom. The fraction of sp³-hybridized carbons (Fsp3) is 0.333. The third kappa shape index (κ3) is 36.3. The van der Waals surface area contributed by atoms with E-state index in [1.54, 1.807) is 0 Å². The highest BCUT2D eigenvalue weighted by molar-refractivity contribution is 6.79. The van der Waals surface area contributed by atoms with Crippen LogP contribution in [0.5, 0.6) is 0 Å². The van der Waals surface area contributed by atoms with E-state index in [1.807, 2.05) is 0 Å². The van der Waals surface area contributed by atoms with Gasteiger partial charge in [-0.05, 0) is 5.16 Å². The Kier molecular flexibility index (Phi) is 22.7. The van der Waals surface area contributed by atoms with Crippen LogP contribution in [0.4, 0.5) is 0 Å². The molecule has 8 nitrogen and oxygen atoms in total. The van der Waals surface area contributed by atoms with Crippen molar-refractivity contribution < 1.29 is 29.4 Å². The topological polar surface area (TPSA) is 129 Å². The Bertz CT molecular complexity index is 271. The van der Waals surface area contributed by atoms with Crippen LogP contribution >= 0.6 is 46.7 Å². The molecule has 0 bridgehead atoms. The number of aliphatic carboxylic acids is 2. The second-order valence-electron chi connectivity index (χ2n) is 1.78. The summed E-state index contributed by atoms with van der Waals surface area (Å²) in [6.45, 7) is 0. The van der Waals surface area contributed by atoms with Gasteiger partial charge in [0.05, 0.1) is 0 Å². The highest BCUT2D eigenvalue weighted by Crippen LogP contribution is 1.86. The molecule has 0 aromatic rings. The first kappa shape index (κ1) is 22.2. The summed E-state index contributed by atoms with van der Waals surface area (Å²) in [4.78, 5) is 18.5. The molecule has 0 amide bonds. The van der Waals surface area contributed by atoms with Crippen LogP contribution in [0.15, 0.2) is 10.3 Å². The number of carboxylic acid groups (broad SMARTS) is 2. The molecule has 12 heteroatoms. The van der Waals surface area contributed by atoms with Crippen molar-refractivity contribution in [2.75, 3.05) is 11.8 Å². The van der Waals surface area contributed by atoms with Crippen LogP contribution < -0.4 is 0 Å². The van der Waals surface area contributed by atoms with Gasteiger partial charge in [0.15, 0.2) is 17.0 Å². The molecule has 106 valence electrons. The quantitative estimate of drug-likeness (QED) is 0.308. The van der Waals surface area contributed by atoms with E-state index in [9.17, 15) is 9.59 Å². The van der Waals surface area contributed by atoms with E-state index in [0.29, 0.717) is 0 Å². The molecular weight excluding hydrogens is 338 g/mol. The first-order valence-electron chi connectivity index (χ1n) is 3.59. The van der Waals surface area contributed by atoms with E-state index in [0.717, 1.165) is 6.21 Å². The van der Waals surface area contributed by atoms with E-state index in [-0.39, 0.29) is 16.9 Å². The number of oxime groups is 2. The molecule has 18 heavy (non-hydrogen) atoms. The molecule has 0 rings (SSSR count). The molecule has 0 aliphatic carbocycles. The predicted molar refractivity (Wildman–Crippen MR) is 67.2 cm³/mol. The van der Waals surface area contributed by atoms with Crippen molar-refractivity contribution in [3.63, 3.8) is 0 Å². The summed E-state index contributed by atoms with van der Waals surface area (Å²) in [7, 11) is 0. The van der Waals surface area contributed by atoms with Gasteiger partial charge < -0.3 is 15.4 Å². The monoisotopic (exact) mass is 344 g/mol. The summed E-state index contributed by atoms with van der Waals surface area (Å²) in [5.41, 5.74) is 0. The van der Waals surface area contributed by atoms with Gasteiger partial charge in [-0.1, -0.05) is 16.8 Å². The van der Waals surface area contributed by atoms with Crippen molar-refractivity contribution in [3.05, 3.63) is 0 Å². The number of alkyl halides is 2. The molecule has 0 spiro atoms. The average Bonchev–Trinajstić information content (AvgIpc) is 2.31. The molecular formula is C6H8Cl4N2O6. The zero-order valence-electron chi connectivity index (χ0n) is 8.46. The second kappa shape index (κ2) is 18.4. The van der Waals surface area contributed by atoms with Crippen molar-refractivity contribution in [1.82, 2.24) is 0 Å². The molecule has 0 saturated heterocycles. The minimum absolute atomic E-state index is 0.137. The average molecular weight is 346 g/mol. The van der Waals surface area contributed by atoms with Crippen LogP contribution in [0.2, 0.25) is 0 Å². The second-order valence-corrected chi connectivity index (χ2v) is 2.84. The molecule has 0 aliphatic rings. The zero-order chi connectivity index (χ0) is 15.0. The van der Waals surface area contributed by atoms with Crippen LogP contribution in [0, 0.1) is 0 Å². The Morgan fingerprint density at radius 2 is 1.50 bits per heavy atom. The summed E-state index contributed by atoms with van der Waals surface area (Å²) in [5.74, 6) is -2.57. The van der Waals surface area contributed by atoms with Gasteiger partial charge in [-0.15, -0.1) is 23.2 Å². The maximum atomic E-state index is 9.24. The van der Waals surface area contributed by atoms with Crippen LogP contribution in [-0.4, -0.2) is 50.5 Å². The largest absolute Gasteiger partial charge is 0.480 e. The van der Waals surface area contributed by atoms with E-state index < -0.39 is 11.9 Å². The van der Waals surface area contributed by atoms with E-state index in [1.165, 1.54) is 0 Å².